The average molecular weight is 414 g/mol. The van der Waals surface area contributed by atoms with Gasteiger partial charge < -0.3 is 24.3 Å². The number of ether oxygens (including phenoxy) is 2. The molecule has 5 unspecified atom stereocenters. The second kappa shape index (κ2) is 9.74. The summed E-state index contributed by atoms with van der Waals surface area (Å²) in [6, 6.07) is 0. The molecule has 0 aromatic carbocycles. The molecule has 0 aromatic heterocycles. The standard InChI is InChI=1S/C21H35NO5S/c1-20(2,8-5-12-23)10-13-26-21(3,28)9-11-22(4)19(25)18-15(14-24)16-6-7-17(18)27-16/h6-7,14-18,23,28H,5,8-13H2,1-4H3. The second-order valence-electron chi connectivity index (χ2n) is 8.96. The Morgan fingerprint density at radius 3 is 2.57 bits per heavy atom. The number of carbonyl (C=O) groups is 2. The van der Waals surface area contributed by atoms with E-state index in [0.717, 1.165) is 25.5 Å². The molecule has 0 aromatic rings. The fraction of sp³-hybridized carbons (Fsp3) is 0.810. The highest BCUT2D eigenvalue weighted by atomic mass is 32.1. The maximum absolute atomic E-state index is 12.8. The van der Waals surface area contributed by atoms with Gasteiger partial charge in [-0.05, 0) is 31.6 Å². The number of hydrogen-bond acceptors (Lipinski definition) is 6. The first-order valence-corrected chi connectivity index (χ1v) is 10.6. The summed E-state index contributed by atoms with van der Waals surface area (Å²) in [5.41, 5.74) is 0.110. The number of nitrogens with zero attached hydrogens (tertiary/aromatic N) is 1. The van der Waals surface area contributed by atoms with Crippen LogP contribution in [0.2, 0.25) is 0 Å². The summed E-state index contributed by atoms with van der Waals surface area (Å²) in [6.45, 7) is 7.54. The van der Waals surface area contributed by atoms with E-state index in [4.69, 9.17) is 14.6 Å². The lowest BCUT2D eigenvalue weighted by Gasteiger charge is -2.31. The average Bonchev–Trinajstić information content (AvgIpc) is 3.24. The lowest BCUT2D eigenvalue weighted by Crippen LogP contribution is -2.42. The molecular formula is C21H35NO5S. The van der Waals surface area contributed by atoms with E-state index in [1.807, 2.05) is 19.1 Å². The molecule has 7 heteroatoms. The Hall–Kier alpha value is -0.890. The number of hydrogen-bond donors (Lipinski definition) is 2. The fourth-order valence-corrected chi connectivity index (χ4v) is 4.04. The summed E-state index contributed by atoms with van der Waals surface area (Å²) >= 11 is 4.63. The Morgan fingerprint density at radius 1 is 1.25 bits per heavy atom. The van der Waals surface area contributed by atoms with E-state index in [1.165, 1.54) is 0 Å². The molecule has 2 bridgehead atoms. The van der Waals surface area contributed by atoms with Gasteiger partial charge in [-0.15, -0.1) is 12.6 Å². The van der Waals surface area contributed by atoms with Crippen LogP contribution in [0.3, 0.4) is 0 Å². The monoisotopic (exact) mass is 413 g/mol. The van der Waals surface area contributed by atoms with Crippen molar-refractivity contribution in [1.82, 2.24) is 4.90 Å². The molecule has 1 amide bonds. The Kier molecular flexibility index (Phi) is 8.14. The van der Waals surface area contributed by atoms with Gasteiger partial charge in [0.15, 0.2) is 0 Å². The number of aldehydes is 1. The van der Waals surface area contributed by atoms with Crippen LogP contribution in [0, 0.1) is 17.3 Å². The zero-order valence-electron chi connectivity index (χ0n) is 17.5. The van der Waals surface area contributed by atoms with Gasteiger partial charge in [-0.2, -0.15) is 0 Å². The molecule has 6 nitrogen and oxygen atoms in total. The number of aliphatic hydroxyl groups excluding tert-OH is 1. The molecule has 2 heterocycles. The van der Waals surface area contributed by atoms with Crippen LogP contribution in [0.25, 0.3) is 0 Å². The Labute approximate surface area is 174 Å². The summed E-state index contributed by atoms with van der Waals surface area (Å²) in [6.07, 6.45) is 7.24. The Balaban J connectivity index is 1.77. The van der Waals surface area contributed by atoms with Crippen molar-refractivity contribution in [2.45, 2.75) is 63.6 Å². The van der Waals surface area contributed by atoms with Crippen molar-refractivity contribution in [2.75, 3.05) is 26.8 Å². The number of amides is 1. The van der Waals surface area contributed by atoms with Crippen molar-refractivity contribution < 1.29 is 24.2 Å². The van der Waals surface area contributed by atoms with Crippen LogP contribution >= 0.6 is 12.6 Å². The fourth-order valence-electron chi connectivity index (χ4n) is 3.85. The van der Waals surface area contributed by atoms with Gasteiger partial charge in [0.25, 0.3) is 0 Å². The molecule has 0 spiro atoms. The van der Waals surface area contributed by atoms with E-state index >= 15 is 0 Å². The van der Waals surface area contributed by atoms with E-state index in [0.29, 0.717) is 19.6 Å². The molecule has 2 rings (SSSR count). The van der Waals surface area contributed by atoms with Crippen LogP contribution < -0.4 is 0 Å². The number of fused-ring (bicyclic) bond motifs is 2. The molecular weight excluding hydrogens is 378 g/mol. The van der Waals surface area contributed by atoms with Crippen LogP contribution in [-0.4, -0.2) is 66.1 Å². The first kappa shape index (κ1) is 23.4. The Morgan fingerprint density at radius 2 is 1.93 bits per heavy atom. The SMILES string of the molecule is CN(CCC(C)(S)OCCC(C)(C)CCCO)C(=O)C1C2C=CC(O2)C1C=O. The summed E-state index contributed by atoms with van der Waals surface area (Å²) in [7, 11) is 1.75. The van der Waals surface area contributed by atoms with Gasteiger partial charge in [0.1, 0.15) is 11.2 Å². The third kappa shape index (κ3) is 6.05. The van der Waals surface area contributed by atoms with E-state index < -0.39 is 16.8 Å². The first-order chi connectivity index (χ1) is 13.1. The minimum Gasteiger partial charge on any atom is -0.396 e. The van der Waals surface area contributed by atoms with Gasteiger partial charge in [0.05, 0.1) is 24.0 Å². The van der Waals surface area contributed by atoms with Crippen LogP contribution in [0.5, 0.6) is 0 Å². The smallest absolute Gasteiger partial charge is 0.229 e. The molecule has 0 saturated carbocycles. The normalized spacial score (nSPS) is 28.4. The van der Waals surface area contributed by atoms with Gasteiger partial charge in [0.2, 0.25) is 5.91 Å². The van der Waals surface area contributed by atoms with E-state index in [2.05, 4.69) is 26.5 Å². The summed E-state index contributed by atoms with van der Waals surface area (Å²) in [5, 5.41) is 8.99. The van der Waals surface area contributed by atoms with Crippen molar-refractivity contribution >= 4 is 24.8 Å². The lowest BCUT2D eigenvalue weighted by molar-refractivity contribution is -0.138. The third-order valence-corrected chi connectivity index (χ3v) is 6.24. The predicted molar refractivity (Wildman–Crippen MR) is 111 cm³/mol. The molecule has 28 heavy (non-hydrogen) atoms. The molecule has 160 valence electrons. The minimum absolute atomic E-state index is 0.0665. The highest BCUT2D eigenvalue weighted by Crippen LogP contribution is 2.39. The molecule has 0 aliphatic carbocycles. The molecule has 2 aliphatic heterocycles. The molecule has 0 radical (unpaired) electrons. The number of carbonyl (C=O) groups excluding carboxylic acids is 2. The van der Waals surface area contributed by atoms with Crippen LogP contribution in [0.4, 0.5) is 0 Å². The lowest BCUT2D eigenvalue weighted by atomic mass is 9.83. The maximum Gasteiger partial charge on any atom is 0.229 e. The van der Waals surface area contributed by atoms with E-state index in [-0.39, 0.29) is 30.1 Å². The predicted octanol–water partition coefficient (Wildman–Crippen LogP) is 2.45. The van der Waals surface area contributed by atoms with Gasteiger partial charge in [0, 0.05) is 33.2 Å². The molecule has 5 atom stereocenters. The van der Waals surface area contributed by atoms with Gasteiger partial charge in [-0.3, -0.25) is 4.79 Å². The van der Waals surface area contributed by atoms with Crippen molar-refractivity contribution in [3.8, 4) is 0 Å². The van der Waals surface area contributed by atoms with Crippen molar-refractivity contribution in [3.05, 3.63) is 12.2 Å². The Bertz CT molecular complexity index is 577. The van der Waals surface area contributed by atoms with E-state index in [9.17, 15) is 9.59 Å². The molecule has 1 N–H and O–H groups in total. The van der Waals surface area contributed by atoms with Gasteiger partial charge in [-0.25, -0.2) is 0 Å². The van der Waals surface area contributed by atoms with Crippen molar-refractivity contribution in [2.24, 2.45) is 17.3 Å². The van der Waals surface area contributed by atoms with Crippen LogP contribution in [0.15, 0.2) is 12.2 Å². The molecule has 1 fully saturated rings. The summed E-state index contributed by atoms with van der Waals surface area (Å²) < 4.78 is 11.6. The second-order valence-corrected chi connectivity index (χ2v) is 9.91. The summed E-state index contributed by atoms with van der Waals surface area (Å²) in [5.74, 6) is -0.898. The highest BCUT2D eigenvalue weighted by Gasteiger charge is 2.50. The van der Waals surface area contributed by atoms with Gasteiger partial charge in [-0.1, -0.05) is 26.0 Å². The third-order valence-electron chi connectivity index (χ3n) is 5.89. The zero-order chi connectivity index (χ0) is 20.9. The van der Waals surface area contributed by atoms with Gasteiger partial charge >= 0.3 is 0 Å². The molecule has 1 saturated heterocycles. The summed E-state index contributed by atoms with van der Waals surface area (Å²) in [4.78, 5) is 25.2. The first-order valence-electron chi connectivity index (χ1n) is 10.1. The quantitative estimate of drug-likeness (QED) is 0.222. The van der Waals surface area contributed by atoms with E-state index in [1.54, 1.807) is 11.9 Å². The molecule has 2 aliphatic rings. The number of aliphatic hydroxyl groups is 1. The minimum atomic E-state index is -0.642. The highest BCUT2D eigenvalue weighted by molar-refractivity contribution is 7.81. The van der Waals surface area contributed by atoms with Crippen molar-refractivity contribution in [1.29, 1.82) is 0 Å². The topological polar surface area (TPSA) is 76.1 Å². The number of thiol groups is 1. The maximum atomic E-state index is 12.8. The van der Waals surface area contributed by atoms with Crippen molar-refractivity contribution in [3.63, 3.8) is 0 Å². The number of rotatable bonds is 12. The largest absolute Gasteiger partial charge is 0.396 e. The van der Waals surface area contributed by atoms with Crippen LogP contribution in [0.1, 0.15) is 46.5 Å². The van der Waals surface area contributed by atoms with Crippen LogP contribution in [-0.2, 0) is 19.1 Å². The zero-order valence-corrected chi connectivity index (χ0v) is 18.4.